The van der Waals surface area contributed by atoms with Crippen LogP contribution >= 0.6 is 12.2 Å². The van der Waals surface area contributed by atoms with Gasteiger partial charge in [0, 0.05) is 18.9 Å². The number of aromatic nitrogens is 1. The summed E-state index contributed by atoms with van der Waals surface area (Å²) in [7, 11) is 0. The minimum absolute atomic E-state index is 0.272. The van der Waals surface area contributed by atoms with Gasteiger partial charge in [0.2, 0.25) is 0 Å². The molecule has 0 spiro atoms. The Morgan fingerprint density at radius 1 is 1.65 bits per heavy atom. The second-order valence-electron chi connectivity index (χ2n) is 3.18. The van der Waals surface area contributed by atoms with Gasteiger partial charge in [-0.05, 0) is 23.8 Å². The van der Waals surface area contributed by atoms with Gasteiger partial charge in [0.25, 0.3) is 0 Å². The Kier molecular flexibility index (Phi) is 5.67. The van der Waals surface area contributed by atoms with Crippen molar-refractivity contribution in [1.82, 2.24) is 15.6 Å². The van der Waals surface area contributed by atoms with Gasteiger partial charge in [0.05, 0.1) is 6.54 Å². The van der Waals surface area contributed by atoms with Gasteiger partial charge >= 0.3 is 0 Å². The van der Waals surface area contributed by atoms with Crippen LogP contribution < -0.4 is 16.4 Å². The summed E-state index contributed by atoms with van der Waals surface area (Å²) in [5.41, 5.74) is 6.62. The number of nitrogens with zero attached hydrogens (tertiary/aromatic N) is 2. The number of pyridine rings is 1. The van der Waals surface area contributed by atoms with Crippen LogP contribution in [-0.4, -0.2) is 22.6 Å². The molecule has 0 radical (unpaired) electrons. The minimum Gasteiger partial charge on any atom is -0.370 e. The molecule has 0 aromatic carbocycles. The van der Waals surface area contributed by atoms with Crippen molar-refractivity contribution in [1.29, 1.82) is 0 Å². The fourth-order valence-corrected chi connectivity index (χ4v) is 1.22. The highest BCUT2D eigenvalue weighted by atomic mass is 32.1. The van der Waals surface area contributed by atoms with E-state index in [0.717, 1.165) is 5.56 Å². The summed E-state index contributed by atoms with van der Waals surface area (Å²) in [6.07, 6.45) is 5.14. The quantitative estimate of drug-likeness (QED) is 0.314. The maximum atomic E-state index is 5.58. The molecule has 4 N–H and O–H groups in total. The van der Waals surface area contributed by atoms with Gasteiger partial charge in [0.15, 0.2) is 11.1 Å². The summed E-state index contributed by atoms with van der Waals surface area (Å²) in [6, 6.07) is 3.82. The summed E-state index contributed by atoms with van der Waals surface area (Å²) in [4.78, 5) is 7.96. The van der Waals surface area contributed by atoms with Gasteiger partial charge < -0.3 is 16.4 Å². The lowest BCUT2D eigenvalue weighted by molar-refractivity contribution is 0.896. The molecule has 0 unspecified atom stereocenters. The van der Waals surface area contributed by atoms with E-state index in [-0.39, 0.29) is 5.96 Å². The zero-order chi connectivity index (χ0) is 12.5. The lowest BCUT2D eigenvalue weighted by Crippen LogP contribution is -2.42. The van der Waals surface area contributed by atoms with E-state index >= 15 is 0 Å². The van der Waals surface area contributed by atoms with Crippen LogP contribution in [0.15, 0.2) is 42.2 Å². The van der Waals surface area contributed by atoms with Gasteiger partial charge in [-0.15, -0.1) is 6.58 Å². The average Bonchev–Trinajstić information content (AvgIpc) is 2.35. The van der Waals surface area contributed by atoms with Gasteiger partial charge in [0.1, 0.15) is 0 Å². The molecule has 1 aromatic heterocycles. The molecule has 0 atom stereocenters. The average molecular weight is 249 g/mol. The fraction of sp³-hybridized carbons (Fsp3) is 0.182. The molecule has 1 heterocycles. The van der Waals surface area contributed by atoms with E-state index in [1.54, 1.807) is 18.5 Å². The van der Waals surface area contributed by atoms with Gasteiger partial charge in [-0.25, -0.2) is 4.99 Å². The first kappa shape index (κ1) is 13.1. The van der Waals surface area contributed by atoms with E-state index in [4.69, 9.17) is 18.0 Å². The van der Waals surface area contributed by atoms with Crippen LogP contribution in [-0.2, 0) is 6.54 Å². The highest BCUT2D eigenvalue weighted by molar-refractivity contribution is 7.80. The standard InChI is InChI=1S/C11H15N5S/c1-2-5-14-10(12)16-11(17)15-8-9-4-3-6-13-7-9/h2-4,6-7H,1,5,8H2,(H4,12,14,15,16,17). The monoisotopic (exact) mass is 249 g/mol. The van der Waals surface area contributed by atoms with E-state index in [9.17, 15) is 0 Å². The minimum atomic E-state index is 0.272. The predicted octanol–water partition coefficient (Wildman–Crippen LogP) is 0.546. The molecule has 0 aliphatic carbocycles. The first-order chi connectivity index (χ1) is 8.22. The van der Waals surface area contributed by atoms with Crippen LogP contribution in [0, 0.1) is 0 Å². The summed E-state index contributed by atoms with van der Waals surface area (Å²) in [5, 5.41) is 6.19. The topological polar surface area (TPSA) is 75.3 Å². The largest absolute Gasteiger partial charge is 0.370 e. The van der Waals surface area contributed by atoms with Crippen molar-refractivity contribution < 1.29 is 0 Å². The molecular formula is C11H15N5S. The van der Waals surface area contributed by atoms with Crippen molar-refractivity contribution in [2.24, 2.45) is 10.7 Å². The first-order valence-corrected chi connectivity index (χ1v) is 5.47. The summed E-state index contributed by atoms with van der Waals surface area (Å²) in [5.74, 6) is 0.272. The molecule has 6 heteroatoms. The molecule has 0 amide bonds. The molecule has 1 aromatic rings. The second-order valence-corrected chi connectivity index (χ2v) is 3.59. The molecular weight excluding hydrogens is 234 g/mol. The molecule has 17 heavy (non-hydrogen) atoms. The van der Waals surface area contributed by atoms with Crippen LogP contribution in [0.4, 0.5) is 0 Å². The number of hydrogen-bond donors (Lipinski definition) is 3. The van der Waals surface area contributed by atoms with Crippen molar-refractivity contribution in [2.45, 2.75) is 6.54 Å². The van der Waals surface area contributed by atoms with E-state index in [0.29, 0.717) is 18.2 Å². The maximum absolute atomic E-state index is 5.58. The van der Waals surface area contributed by atoms with Crippen molar-refractivity contribution in [3.8, 4) is 0 Å². The number of guanidine groups is 1. The molecule has 0 fully saturated rings. The van der Waals surface area contributed by atoms with Crippen LogP contribution in [0.25, 0.3) is 0 Å². The smallest absolute Gasteiger partial charge is 0.195 e. The van der Waals surface area contributed by atoms with Crippen molar-refractivity contribution in [3.05, 3.63) is 42.7 Å². The van der Waals surface area contributed by atoms with E-state index in [1.165, 1.54) is 0 Å². The van der Waals surface area contributed by atoms with Gasteiger partial charge in [-0.3, -0.25) is 4.98 Å². The number of hydrogen-bond acceptors (Lipinski definition) is 3. The van der Waals surface area contributed by atoms with Crippen molar-refractivity contribution in [2.75, 3.05) is 6.54 Å². The highest BCUT2D eigenvalue weighted by Crippen LogP contribution is 1.93. The maximum Gasteiger partial charge on any atom is 0.195 e. The van der Waals surface area contributed by atoms with Gasteiger partial charge in [-0.2, -0.15) is 0 Å². The molecule has 0 bridgehead atoms. The number of rotatable bonds is 4. The Balaban J connectivity index is 2.33. The Labute approximate surface area is 106 Å². The van der Waals surface area contributed by atoms with Crippen LogP contribution in [0.5, 0.6) is 0 Å². The molecule has 90 valence electrons. The molecule has 5 nitrogen and oxygen atoms in total. The molecule has 0 saturated carbocycles. The van der Waals surface area contributed by atoms with Crippen molar-refractivity contribution >= 4 is 23.3 Å². The first-order valence-electron chi connectivity index (χ1n) is 5.07. The highest BCUT2D eigenvalue weighted by Gasteiger charge is 1.97. The third-order valence-electron chi connectivity index (χ3n) is 1.81. The Morgan fingerprint density at radius 3 is 3.12 bits per heavy atom. The third kappa shape index (κ3) is 5.62. The van der Waals surface area contributed by atoms with Crippen molar-refractivity contribution in [3.63, 3.8) is 0 Å². The predicted molar refractivity (Wildman–Crippen MR) is 73.5 cm³/mol. The Bertz CT molecular complexity index is 402. The lowest BCUT2D eigenvalue weighted by Gasteiger charge is -2.09. The third-order valence-corrected chi connectivity index (χ3v) is 2.05. The number of nitrogens with two attached hydrogens (primary N) is 1. The molecule has 0 saturated heterocycles. The SMILES string of the molecule is C=CCN=C(N)NC(=S)NCc1cccnc1. The van der Waals surface area contributed by atoms with Crippen LogP contribution in [0.3, 0.4) is 0 Å². The van der Waals surface area contributed by atoms with Crippen LogP contribution in [0.1, 0.15) is 5.56 Å². The molecule has 1 rings (SSSR count). The fourth-order valence-electron chi connectivity index (χ4n) is 1.05. The summed E-state index contributed by atoms with van der Waals surface area (Å²) in [6.45, 7) is 4.60. The van der Waals surface area contributed by atoms with Gasteiger partial charge in [-0.1, -0.05) is 12.1 Å². The van der Waals surface area contributed by atoms with E-state index < -0.39 is 0 Å². The Hall–Kier alpha value is -1.95. The molecule has 0 aliphatic rings. The lowest BCUT2D eigenvalue weighted by atomic mass is 10.3. The second kappa shape index (κ2) is 7.34. The zero-order valence-corrected chi connectivity index (χ0v) is 10.2. The van der Waals surface area contributed by atoms with Crippen LogP contribution in [0.2, 0.25) is 0 Å². The summed E-state index contributed by atoms with van der Waals surface area (Å²) < 4.78 is 0. The number of nitrogens with one attached hydrogen (secondary N) is 2. The Morgan fingerprint density at radius 2 is 2.47 bits per heavy atom. The zero-order valence-electron chi connectivity index (χ0n) is 9.39. The summed E-state index contributed by atoms with van der Waals surface area (Å²) >= 11 is 5.05. The normalized spacial score (nSPS) is 10.7. The molecule has 0 aliphatic heterocycles. The van der Waals surface area contributed by atoms with E-state index in [1.807, 2.05) is 12.1 Å². The number of aliphatic imine (C=N–C) groups is 1. The van der Waals surface area contributed by atoms with E-state index in [2.05, 4.69) is 27.2 Å². The number of thiocarbonyl (C=S) groups is 1.